The summed E-state index contributed by atoms with van der Waals surface area (Å²) < 4.78 is 0. The largest absolute Gasteiger partial charge is 0.294 e. The van der Waals surface area contributed by atoms with Gasteiger partial charge < -0.3 is 0 Å². The van der Waals surface area contributed by atoms with E-state index in [0.29, 0.717) is 20.6 Å². The SMILES string of the molecule is O=C(Cc1ccccc1Cl)c1cc(Cl)ccc1Cl. The van der Waals surface area contributed by atoms with Crippen molar-refractivity contribution in [1.82, 2.24) is 0 Å². The molecule has 0 radical (unpaired) electrons. The van der Waals surface area contributed by atoms with Crippen LogP contribution in [0, 0.1) is 0 Å². The normalized spacial score (nSPS) is 10.4. The summed E-state index contributed by atoms with van der Waals surface area (Å²) in [7, 11) is 0. The standard InChI is InChI=1S/C14H9Cl3O/c15-10-5-6-13(17)11(8-10)14(18)7-9-3-1-2-4-12(9)16/h1-6,8H,7H2. The van der Waals surface area contributed by atoms with Gasteiger partial charge in [-0.2, -0.15) is 0 Å². The van der Waals surface area contributed by atoms with Crippen LogP contribution in [0.2, 0.25) is 15.1 Å². The van der Waals surface area contributed by atoms with E-state index in [1.165, 1.54) is 0 Å². The Bertz CT molecular complexity index is 593. The van der Waals surface area contributed by atoms with Gasteiger partial charge in [-0.1, -0.05) is 53.0 Å². The van der Waals surface area contributed by atoms with Crippen molar-refractivity contribution in [2.75, 3.05) is 0 Å². The maximum absolute atomic E-state index is 12.1. The molecule has 18 heavy (non-hydrogen) atoms. The summed E-state index contributed by atoms with van der Waals surface area (Å²) in [6.07, 6.45) is 0.208. The van der Waals surface area contributed by atoms with Gasteiger partial charge in [0.05, 0.1) is 5.02 Å². The Morgan fingerprint density at radius 2 is 1.67 bits per heavy atom. The molecule has 2 rings (SSSR count). The zero-order valence-corrected chi connectivity index (χ0v) is 11.6. The molecular formula is C14H9Cl3O. The lowest BCUT2D eigenvalue weighted by Gasteiger charge is -2.06. The molecule has 92 valence electrons. The Morgan fingerprint density at radius 3 is 2.39 bits per heavy atom. The third-order valence-corrected chi connectivity index (χ3v) is 3.47. The summed E-state index contributed by atoms with van der Waals surface area (Å²) in [5, 5.41) is 1.46. The number of carbonyl (C=O) groups is 1. The highest BCUT2D eigenvalue weighted by Gasteiger charge is 2.13. The van der Waals surface area contributed by atoms with Crippen LogP contribution in [0.4, 0.5) is 0 Å². The van der Waals surface area contributed by atoms with E-state index in [0.717, 1.165) is 5.56 Å². The van der Waals surface area contributed by atoms with Crippen LogP contribution in [0.15, 0.2) is 42.5 Å². The maximum Gasteiger partial charge on any atom is 0.168 e. The minimum absolute atomic E-state index is 0.101. The molecule has 1 nitrogen and oxygen atoms in total. The van der Waals surface area contributed by atoms with Crippen molar-refractivity contribution in [2.24, 2.45) is 0 Å². The molecular weight excluding hydrogens is 291 g/mol. The fraction of sp³-hybridized carbons (Fsp3) is 0.0714. The highest BCUT2D eigenvalue weighted by Crippen LogP contribution is 2.24. The van der Waals surface area contributed by atoms with E-state index >= 15 is 0 Å². The Hall–Kier alpha value is -1.02. The smallest absolute Gasteiger partial charge is 0.168 e. The van der Waals surface area contributed by atoms with Crippen molar-refractivity contribution >= 4 is 40.6 Å². The van der Waals surface area contributed by atoms with Gasteiger partial charge in [-0.15, -0.1) is 0 Å². The second-order valence-corrected chi connectivity index (χ2v) is 5.07. The Balaban J connectivity index is 2.28. The van der Waals surface area contributed by atoms with Crippen molar-refractivity contribution in [3.63, 3.8) is 0 Å². The third kappa shape index (κ3) is 3.05. The van der Waals surface area contributed by atoms with E-state index in [4.69, 9.17) is 34.8 Å². The van der Waals surface area contributed by atoms with E-state index in [1.54, 1.807) is 24.3 Å². The van der Waals surface area contributed by atoms with Gasteiger partial charge in [0.25, 0.3) is 0 Å². The van der Waals surface area contributed by atoms with Gasteiger partial charge in [-0.05, 0) is 29.8 Å². The van der Waals surface area contributed by atoms with E-state index < -0.39 is 0 Å². The first-order chi connectivity index (χ1) is 8.58. The van der Waals surface area contributed by atoms with Gasteiger partial charge >= 0.3 is 0 Å². The summed E-state index contributed by atoms with van der Waals surface area (Å²) in [5.41, 5.74) is 1.20. The number of halogens is 3. The molecule has 0 fully saturated rings. The molecule has 0 N–H and O–H groups in total. The molecule has 0 aliphatic carbocycles. The molecule has 0 bridgehead atoms. The van der Waals surface area contributed by atoms with E-state index in [1.807, 2.05) is 18.2 Å². The van der Waals surface area contributed by atoms with Crippen LogP contribution in [0.5, 0.6) is 0 Å². The lowest BCUT2D eigenvalue weighted by Crippen LogP contribution is -2.04. The molecule has 2 aromatic rings. The molecule has 0 spiro atoms. The second-order valence-electron chi connectivity index (χ2n) is 3.82. The van der Waals surface area contributed by atoms with Crippen LogP contribution in [0.25, 0.3) is 0 Å². The average Bonchev–Trinajstić information content (AvgIpc) is 2.35. The van der Waals surface area contributed by atoms with Gasteiger partial charge in [0.1, 0.15) is 0 Å². The zero-order valence-electron chi connectivity index (χ0n) is 9.29. The van der Waals surface area contributed by atoms with Crippen LogP contribution >= 0.6 is 34.8 Å². The predicted molar refractivity (Wildman–Crippen MR) is 75.9 cm³/mol. The molecule has 0 atom stereocenters. The minimum atomic E-state index is -0.101. The van der Waals surface area contributed by atoms with Crippen molar-refractivity contribution in [3.8, 4) is 0 Å². The first kappa shape index (κ1) is 13.4. The highest BCUT2D eigenvalue weighted by atomic mass is 35.5. The first-order valence-corrected chi connectivity index (χ1v) is 6.43. The number of carbonyl (C=O) groups excluding carboxylic acids is 1. The molecule has 0 aliphatic rings. The average molecular weight is 300 g/mol. The molecule has 0 saturated carbocycles. The fourth-order valence-corrected chi connectivity index (χ4v) is 2.22. The summed E-state index contributed by atoms with van der Waals surface area (Å²) >= 11 is 17.9. The second kappa shape index (κ2) is 5.75. The summed E-state index contributed by atoms with van der Waals surface area (Å²) in [6.45, 7) is 0. The lowest BCUT2D eigenvalue weighted by atomic mass is 10.0. The molecule has 0 aromatic heterocycles. The van der Waals surface area contributed by atoms with Crippen molar-refractivity contribution < 1.29 is 4.79 Å². The number of benzene rings is 2. The predicted octanol–water partition coefficient (Wildman–Crippen LogP) is 5.07. The van der Waals surface area contributed by atoms with E-state index in [9.17, 15) is 4.79 Å². The van der Waals surface area contributed by atoms with E-state index in [2.05, 4.69) is 0 Å². The van der Waals surface area contributed by atoms with Crippen LogP contribution in [0.1, 0.15) is 15.9 Å². The number of hydrogen-bond donors (Lipinski definition) is 0. The molecule has 4 heteroatoms. The Labute approximate surface area is 120 Å². The summed E-state index contributed by atoms with van der Waals surface area (Å²) in [4.78, 5) is 12.1. The molecule has 0 heterocycles. The number of Topliss-reactive ketones (excluding diaryl/α,β-unsaturated/α-hetero) is 1. The Morgan fingerprint density at radius 1 is 0.944 bits per heavy atom. The van der Waals surface area contributed by atoms with Crippen LogP contribution in [0.3, 0.4) is 0 Å². The summed E-state index contributed by atoms with van der Waals surface area (Å²) in [6, 6.07) is 12.1. The van der Waals surface area contributed by atoms with Crippen LogP contribution in [-0.2, 0) is 6.42 Å². The first-order valence-electron chi connectivity index (χ1n) is 5.29. The number of hydrogen-bond acceptors (Lipinski definition) is 1. The van der Waals surface area contributed by atoms with Gasteiger partial charge in [0.15, 0.2) is 5.78 Å². The number of rotatable bonds is 3. The van der Waals surface area contributed by atoms with Gasteiger partial charge in [-0.25, -0.2) is 0 Å². The Kier molecular flexibility index (Phi) is 4.28. The fourth-order valence-electron chi connectivity index (χ4n) is 1.62. The van der Waals surface area contributed by atoms with Gasteiger partial charge in [-0.3, -0.25) is 4.79 Å². The topological polar surface area (TPSA) is 17.1 Å². The zero-order chi connectivity index (χ0) is 13.1. The molecule has 0 unspecified atom stereocenters. The molecule has 0 saturated heterocycles. The van der Waals surface area contributed by atoms with Gasteiger partial charge in [0, 0.05) is 22.0 Å². The highest BCUT2D eigenvalue weighted by molar-refractivity contribution is 6.36. The maximum atomic E-state index is 12.1. The van der Waals surface area contributed by atoms with E-state index in [-0.39, 0.29) is 12.2 Å². The van der Waals surface area contributed by atoms with Gasteiger partial charge in [0.2, 0.25) is 0 Å². The lowest BCUT2D eigenvalue weighted by molar-refractivity contribution is 0.0993. The monoisotopic (exact) mass is 298 g/mol. The van der Waals surface area contributed by atoms with Crippen molar-refractivity contribution in [3.05, 3.63) is 68.7 Å². The molecule has 0 aliphatic heterocycles. The van der Waals surface area contributed by atoms with Crippen LogP contribution in [-0.4, -0.2) is 5.78 Å². The van der Waals surface area contributed by atoms with Crippen molar-refractivity contribution in [2.45, 2.75) is 6.42 Å². The van der Waals surface area contributed by atoms with Crippen LogP contribution < -0.4 is 0 Å². The third-order valence-electron chi connectivity index (χ3n) is 2.54. The molecule has 0 amide bonds. The minimum Gasteiger partial charge on any atom is -0.294 e. The number of ketones is 1. The molecule has 2 aromatic carbocycles. The summed E-state index contributed by atoms with van der Waals surface area (Å²) in [5.74, 6) is -0.101. The van der Waals surface area contributed by atoms with Crippen molar-refractivity contribution in [1.29, 1.82) is 0 Å². The quantitative estimate of drug-likeness (QED) is 0.723.